The first-order valence-corrected chi connectivity index (χ1v) is 30.1. The van der Waals surface area contributed by atoms with Gasteiger partial charge in [0.15, 0.2) is 11.5 Å². The lowest BCUT2D eigenvalue weighted by molar-refractivity contribution is -0.433. The fourth-order valence-corrected chi connectivity index (χ4v) is 11.2. The Morgan fingerprint density at radius 1 is 0.791 bits per heavy atom. The fourth-order valence-electron chi connectivity index (χ4n) is 10.2. The minimum absolute atomic E-state index is 0.0323. The maximum absolute atomic E-state index is 14.7. The van der Waals surface area contributed by atoms with Crippen LogP contribution in [0.5, 0.6) is 17.2 Å². The largest absolute Gasteiger partial charge is 0.504 e. The number of primary amides is 1. The normalized spacial score (nSPS) is 25.0. The van der Waals surface area contributed by atoms with Crippen LogP contribution in [0, 0.1) is 5.92 Å². The highest BCUT2D eigenvalue weighted by Gasteiger charge is 2.50. The molecule has 91 heavy (non-hydrogen) atoms. The summed E-state index contributed by atoms with van der Waals surface area (Å²) in [5.74, 6) is -12.2. The second-order valence-electron chi connectivity index (χ2n) is 21.9. The molecule has 3 aromatic carbocycles. The number of ether oxygens (including phenoxy) is 1. The van der Waals surface area contributed by atoms with Crippen molar-refractivity contribution in [3.8, 4) is 27.8 Å². The number of nitrogens with one attached hydrogen (secondary N) is 6. The summed E-state index contributed by atoms with van der Waals surface area (Å²) in [5.41, 5.74) is 5.65. The summed E-state index contributed by atoms with van der Waals surface area (Å²) >= 11 is 1.06. The van der Waals surface area contributed by atoms with Crippen LogP contribution in [0.25, 0.3) is 10.6 Å². The fraction of sp³-hybridized carbons (Fsp3) is 0.482. The van der Waals surface area contributed by atoms with Crippen molar-refractivity contribution in [1.29, 1.82) is 0 Å². The predicted octanol–water partition coefficient (Wildman–Crippen LogP) is -2.59. The predicted molar refractivity (Wildman–Crippen MR) is 316 cm³/mol. The van der Waals surface area contributed by atoms with Gasteiger partial charge in [0.05, 0.1) is 43.5 Å². The maximum atomic E-state index is 14.7. The van der Waals surface area contributed by atoms with Gasteiger partial charge in [0.2, 0.25) is 46.5 Å². The molecule has 3 fully saturated rings. The third kappa shape index (κ3) is 18.1. The van der Waals surface area contributed by atoms with E-state index in [1.807, 2.05) is 12.1 Å². The van der Waals surface area contributed by atoms with Gasteiger partial charge in [-0.15, -0.1) is 10.2 Å². The molecule has 7 rings (SSSR count). The van der Waals surface area contributed by atoms with Crippen LogP contribution in [0.1, 0.15) is 91.7 Å². The number of nitrogens with zero attached hydrogens (tertiary/aromatic N) is 4. The van der Waals surface area contributed by atoms with Crippen molar-refractivity contribution in [3.05, 3.63) is 83.4 Å². The highest BCUT2D eigenvalue weighted by atomic mass is 32.2. The number of nitrogens with two attached hydrogens (primary N) is 1. The Morgan fingerprint density at radius 3 is 2.11 bits per heavy atom. The monoisotopic (exact) mass is 1310 g/mol. The third-order valence-corrected chi connectivity index (χ3v) is 16.4. The lowest BCUT2D eigenvalue weighted by Crippen LogP contribution is -2.64. The molecule has 35 heteroatoms. The van der Waals surface area contributed by atoms with Crippen LogP contribution in [0.3, 0.4) is 0 Å². The van der Waals surface area contributed by atoms with Crippen molar-refractivity contribution < 1.29 is 108 Å². The molecule has 3 aliphatic heterocycles. The number of rotatable bonds is 21. The number of hydrogen-bond donors (Lipinski definition) is 16. The number of anilines is 1. The first kappa shape index (κ1) is 70.3. The van der Waals surface area contributed by atoms with E-state index in [-0.39, 0.29) is 34.1 Å². The van der Waals surface area contributed by atoms with E-state index in [2.05, 4.69) is 58.4 Å². The number of phenolic OH excluding ortho intramolecular Hbond substituents is 1. The Kier molecular flexibility index (Phi) is 24.9. The smallest absolute Gasteiger partial charge is 0.261 e. The summed E-state index contributed by atoms with van der Waals surface area (Å²) < 4.78 is 15.0. The van der Waals surface area contributed by atoms with Crippen LogP contribution < -0.4 is 46.6 Å². The number of aliphatic hydroxyl groups is 7. The maximum Gasteiger partial charge on any atom is 0.261 e. The summed E-state index contributed by atoms with van der Waals surface area (Å²) in [6, 6.07) is 2.67. The Labute approximate surface area is 526 Å². The van der Waals surface area contributed by atoms with Crippen molar-refractivity contribution >= 4 is 82.0 Å². The van der Waals surface area contributed by atoms with E-state index in [9.17, 15) is 84.0 Å². The van der Waals surface area contributed by atoms with Gasteiger partial charge in [-0.1, -0.05) is 53.5 Å². The number of amides is 9. The summed E-state index contributed by atoms with van der Waals surface area (Å²) in [5, 5.41) is 125. The van der Waals surface area contributed by atoms with E-state index >= 15 is 0 Å². The van der Waals surface area contributed by atoms with Crippen LogP contribution in [0.15, 0.2) is 66.7 Å². The molecule has 33 nitrogen and oxygen atoms in total. The zero-order chi connectivity index (χ0) is 66.4. The number of aromatic nitrogens is 2. The Hall–Kier alpha value is -8.20. The number of carbonyl (C=O) groups excluding carboxylic acids is 9. The van der Waals surface area contributed by atoms with Crippen LogP contribution in [-0.4, -0.2) is 218 Å². The Balaban J connectivity index is 1.17. The summed E-state index contributed by atoms with van der Waals surface area (Å²) in [6.45, 7) is 3.25. The van der Waals surface area contributed by atoms with Crippen molar-refractivity contribution in [3.63, 3.8) is 0 Å². The molecule has 14 atom stereocenters. The number of unbranched alkanes of at least 4 members (excludes halogenated alkanes) is 2. The first-order chi connectivity index (χ1) is 43.3. The second-order valence-corrected chi connectivity index (χ2v) is 23.3. The van der Waals surface area contributed by atoms with Crippen molar-refractivity contribution in [2.45, 2.75) is 138 Å². The number of benzene rings is 3. The second kappa shape index (κ2) is 32.2. The van der Waals surface area contributed by atoms with Gasteiger partial charge in [0.25, 0.3) is 24.1 Å². The van der Waals surface area contributed by atoms with Gasteiger partial charge in [0, 0.05) is 55.1 Å². The molecule has 0 saturated carbocycles. The number of aliphatic hydroxyl groups excluding tert-OH is 7. The molecular weight excluding hydrogens is 1240 g/mol. The summed E-state index contributed by atoms with van der Waals surface area (Å²) in [6.07, 6.45) is -13.4. The average Bonchev–Trinajstić information content (AvgIpc) is 1.75. The van der Waals surface area contributed by atoms with Gasteiger partial charge in [-0.25, -0.2) is 5.26 Å². The summed E-state index contributed by atoms with van der Waals surface area (Å²) in [4.78, 5) is 128. The van der Waals surface area contributed by atoms with Gasteiger partial charge in [0.1, 0.15) is 59.2 Å². The highest BCUT2D eigenvalue weighted by Crippen LogP contribution is 2.34. The summed E-state index contributed by atoms with van der Waals surface area (Å²) in [7, 11) is 0. The van der Waals surface area contributed by atoms with Gasteiger partial charge in [-0.2, -0.15) is 0 Å². The average molecular weight is 1310 g/mol. The molecule has 4 aromatic rings. The van der Waals surface area contributed by atoms with Crippen LogP contribution in [0.4, 0.5) is 5.13 Å². The molecule has 0 aliphatic carbocycles. The molecule has 1 aromatic heterocycles. The van der Waals surface area contributed by atoms with Crippen molar-refractivity contribution in [2.24, 2.45) is 11.7 Å². The van der Waals surface area contributed by atoms with Crippen molar-refractivity contribution in [1.82, 2.24) is 46.6 Å². The SMILES string of the molecule is CCCCCOc1ccc(-c2nnc(NC(=O)c3ccc(C(=O)N[C@H]4CC(O)CNC(=O)C5C(O)C(C)CN5C(=O)C(C(O)CC(N)=O)NC(=O)C(C(O)C(O)c5ccc(O)c(OSOOO)c5)NC(=O)C5CC(O)CN5C(=O)C(C(C)O)NC4=O)cc3)s2)cc1. The van der Waals surface area contributed by atoms with Gasteiger partial charge >= 0.3 is 0 Å². The lowest BCUT2D eigenvalue weighted by atomic mass is 9.96. The molecule has 3 aliphatic rings. The molecule has 0 radical (unpaired) electrons. The number of β-amino-alcohol motifs (C(OH)–C–C–N with tert-alkyl or cyclic N) is 1. The molecule has 4 heterocycles. The van der Waals surface area contributed by atoms with E-state index in [0.29, 0.717) is 22.3 Å². The molecule has 0 bridgehead atoms. The first-order valence-electron chi connectivity index (χ1n) is 28.6. The standard InChI is InChI=1S/C56H71N11O22S2/c1-4-5-6-17-86-33-14-11-29(12-15-33)53-64-65-56(90-53)63-48(78)28-9-7-27(8-10-28)47(77)59-34-19-31(69)22-58-52(82)43-44(74)25(2)23-67(43)55(84)41(37(72)21-39(57)73)61-51(81)42(46(76)45(75)30-13-16-36(71)38(18-30)87-91-89-88-85)62-50(80)35-20-32(70)24-66(35)54(83)40(26(3)68)60-49(34)79/h7-16,18,25-26,31-32,34-35,37,40-46,68-72,74-76,85H,4-6,17,19-24H2,1-3H3,(H2,57,73)(H,58,82)(H,59,77)(H,60,79)(H,61,81)(H,62,80)(H,63,65,78)/t25?,26?,31?,32?,34-,35?,37?,40?,41?,42?,43?,44?,45?,46?/m0/s1. The topological polar surface area (TPSA) is 503 Å². The Morgan fingerprint density at radius 2 is 1.45 bits per heavy atom. The zero-order valence-corrected chi connectivity index (χ0v) is 50.7. The Bertz CT molecular complexity index is 3240. The van der Waals surface area contributed by atoms with Gasteiger partial charge in [-0.05, 0) is 79.6 Å². The molecular formula is C56H71N11O22S2. The number of hydrogen-bond acceptors (Lipinski definition) is 26. The third-order valence-electron chi connectivity index (χ3n) is 15.1. The minimum atomic E-state index is -2.54. The van der Waals surface area contributed by atoms with Gasteiger partial charge < -0.3 is 91.9 Å². The number of carbonyl (C=O) groups is 9. The molecule has 9 amide bonds. The number of phenols is 1. The zero-order valence-electron chi connectivity index (χ0n) is 49.0. The van der Waals surface area contributed by atoms with E-state index in [1.165, 1.54) is 31.2 Å². The molecule has 17 N–H and O–H groups in total. The molecule has 3 saturated heterocycles. The molecule has 0 spiro atoms. The van der Waals surface area contributed by atoms with E-state index < -0.39 is 188 Å². The lowest BCUT2D eigenvalue weighted by Gasteiger charge is -2.34. The molecule has 13 unspecified atom stereocenters. The molecule has 494 valence electrons. The minimum Gasteiger partial charge on any atom is -0.504 e. The number of fused-ring (bicyclic) bond motifs is 2. The van der Waals surface area contributed by atoms with Gasteiger partial charge in [-0.3, -0.25) is 48.5 Å². The van der Waals surface area contributed by atoms with E-state index in [1.54, 1.807) is 12.1 Å². The van der Waals surface area contributed by atoms with E-state index in [4.69, 9.17) is 19.9 Å². The van der Waals surface area contributed by atoms with Crippen LogP contribution in [-0.2, 0) is 42.9 Å². The van der Waals surface area contributed by atoms with Crippen LogP contribution >= 0.6 is 23.7 Å². The number of aromatic hydroxyl groups is 1. The van der Waals surface area contributed by atoms with Crippen LogP contribution in [0.2, 0.25) is 0 Å². The van der Waals surface area contributed by atoms with E-state index in [0.717, 1.165) is 66.2 Å². The van der Waals surface area contributed by atoms with Crippen molar-refractivity contribution in [2.75, 3.05) is 31.6 Å². The highest BCUT2D eigenvalue weighted by molar-refractivity contribution is 7.90. The quantitative estimate of drug-likeness (QED) is 0.0176.